The molecule has 17 heavy (non-hydrogen) atoms. The fraction of sp³-hybridized carbons (Fsp3) is 0.929. The summed E-state index contributed by atoms with van der Waals surface area (Å²) in [5.41, 5.74) is 0. The average Bonchev–Trinajstić information content (AvgIpc) is 2.31. The van der Waals surface area contributed by atoms with Gasteiger partial charge in [-0.15, -0.1) is 0 Å². The lowest BCUT2D eigenvalue weighted by molar-refractivity contribution is -0.129. The maximum atomic E-state index is 11.3. The topological polar surface area (TPSA) is 40.5 Å². The van der Waals surface area contributed by atoms with Gasteiger partial charge < -0.3 is 10.0 Å². The third kappa shape index (κ3) is 10.3. The molecule has 0 atom stereocenters. The van der Waals surface area contributed by atoms with Gasteiger partial charge in [0.25, 0.3) is 0 Å². The van der Waals surface area contributed by atoms with Crippen LogP contribution in [0.4, 0.5) is 0 Å². The third-order valence-corrected chi connectivity index (χ3v) is 3.06. The number of hydrogen-bond acceptors (Lipinski definition) is 2. The van der Waals surface area contributed by atoms with Gasteiger partial charge in [0, 0.05) is 26.6 Å². The normalized spacial score (nSPS) is 10.5. The Labute approximate surface area is 106 Å². The van der Waals surface area contributed by atoms with Gasteiger partial charge in [-0.1, -0.05) is 45.4 Å². The van der Waals surface area contributed by atoms with E-state index in [0.717, 1.165) is 13.0 Å². The minimum atomic E-state index is 0.129. The Balaban J connectivity index is 3.44. The first-order valence-electron chi connectivity index (χ1n) is 7.08. The molecule has 0 unspecified atom stereocenters. The number of rotatable bonds is 11. The molecule has 1 amide bonds. The van der Waals surface area contributed by atoms with Crippen LogP contribution in [-0.2, 0) is 4.79 Å². The van der Waals surface area contributed by atoms with Crippen molar-refractivity contribution in [3.63, 3.8) is 0 Å². The summed E-state index contributed by atoms with van der Waals surface area (Å²) in [6.45, 7) is 5.55. The quantitative estimate of drug-likeness (QED) is 0.567. The number of amides is 1. The van der Waals surface area contributed by atoms with E-state index in [4.69, 9.17) is 5.11 Å². The van der Waals surface area contributed by atoms with Gasteiger partial charge in [-0.05, 0) is 12.8 Å². The highest BCUT2D eigenvalue weighted by Crippen LogP contribution is 2.07. The van der Waals surface area contributed by atoms with E-state index >= 15 is 0 Å². The van der Waals surface area contributed by atoms with Crippen molar-refractivity contribution in [2.75, 3.05) is 19.7 Å². The molecule has 3 heteroatoms. The number of unbranched alkanes of at least 4 members (excludes halogenated alkanes) is 6. The summed E-state index contributed by atoms with van der Waals surface area (Å²) >= 11 is 0. The smallest absolute Gasteiger partial charge is 0.219 e. The minimum Gasteiger partial charge on any atom is -0.396 e. The number of carbonyl (C=O) groups is 1. The molecule has 0 aromatic carbocycles. The predicted molar refractivity (Wildman–Crippen MR) is 71.9 cm³/mol. The highest BCUT2D eigenvalue weighted by atomic mass is 16.3. The van der Waals surface area contributed by atoms with Crippen molar-refractivity contribution in [3.05, 3.63) is 0 Å². The Bertz CT molecular complexity index is 183. The number of carbonyl (C=O) groups excluding carboxylic acids is 1. The van der Waals surface area contributed by atoms with Gasteiger partial charge in [0.1, 0.15) is 0 Å². The lowest BCUT2D eigenvalue weighted by atomic mass is 10.1. The molecule has 0 saturated carbocycles. The van der Waals surface area contributed by atoms with Crippen LogP contribution in [0.5, 0.6) is 0 Å². The van der Waals surface area contributed by atoms with Crippen LogP contribution in [0, 0.1) is 0 Å². The number of nitrogens with zero attached hydrogens (tertiary/aromatic N) is 1. The van der Waals surface area contributed by atoms with Crippen molar-refractivity contribution >= 4 is 5.91 Å². The van der Waals surface area contributed by atoms with Crippen LogP contribution in [0.2, 0.25) is 0 Å². The molecule has 0 radical (unpaired) electrons. The van der Waals surface area contributed by atoms with E-state index in [2.05, 4.69) is 6.92 Å². The van der Waals surface area contributed by atoms with Crippen LogP contribution in [0.3, 0.4) is 0 Å². The van der Waals surface area contributed by atoms with E-state index in [1.54, 1.807) is 6.92 Å². The second-order valence-electron chi connectivity index (χ2n) is 4.70. The fourth-order valence-electron chi connectivity index (χ4n) is 1.95. The van der Waals surface area contributed by atoms with Crippen molar-refractivity contribution in [2.45, 2.75) is 65.2 Å². The molecule has 0 aliphatic carbocycles. The molecular weight excluding hydrogens is 214 g/mol. The average molecular weight is 243 g/mol. The number of aliphatic hydroxyl groups excluding tert-OH is 1. The van der Waals surface area contributed by atoms with Gasteiger partial charge in [-0.25, -0.2) is 0 Å². The van der Waals surface area contributed by atoms with Crippen LogP contribution in [0.15, 0.2) is 0 Å². The summed E-state index contributed by atoms with van der Waals surface area (Å²) in [6.07, 6.45) is 9.59. The molecule has 102 valence electrons. The zero-order valence-corrected chi connectivity index (χ0v) is 11.6. The molecule has 0 spiro atoms. The highest BCUT2D eigenvalue weighted by Gasteiger charge is 2.06. The molecule has 1 N–H and O–H groups in total. The monoisotopic (exact) mass is 243 g/mol. The molecule has 0 bridgehead atoms. The van der Waals surface area contributed by atoms with E-state index in [1.165, 1.54) is 38.5 Å². The molecule has 0 saturated heterocycles. The second-order valence-corrected chi connectivity index (χ2v) is 4.70. The van der Waals surface area contributed by atoms with Crippen molar-refractivity contribution in [2.24, 2.45) is 0 Å². The molecule has 3 nitrogen and oxygen atoms in total. The molecule has 0 aromatic heterocycles. The van der Waals surface area contributed by atoms with Crippen molar-refractivity contribution < 1.29 is 9.90 Å². The Morgan fingerprint density at radius 3 is 2.00 bits per heavy atom. The Kier molecular flexibility index (Phi) is 11.5. The zero-order valence-electron chi connectivity index (χ0n) is 11.6. The van der Waals surface area contributed by atoms with E-state index in [1.807, 2.05) is 4.90 Å². The van der Waals surface area contributed by atoms with E-state index < -0.39 is 0 Å². The molecular formula is C14H29NO2. The summed E-state index contributed by atoms with van der Waals surface area (Å²) in [5.74, 6) is 0.129. The van der Waals surface area contributed by atoms with Crippen LogP contribution >= 0.6 is 0 Å². The highest BCUT2D eigenvalue weighted by molar-refractivity contribution is 5.73. The maximum absolute atomic E-state index is 11.3. The van der Waals surface area contributed by atoms with E-state index in [-0.39, 0.29) is 12.5 Å². The zero-order chi connectivity index (χ0) is 12.9. The van der Waals surface area contributed by atoms with Crippen LogP contribution in [0.25, 0.3) is 0 Å². The first-order valence-corrected chi connectivity index (χ1v) is 7.08. The van der Waals surface area contributed by atoms with E-state index in [0.29, 0.717) is 13.0 Å². The standard InChI is InChI=1S/C14H29NO2/c1-3-4-5-6-7-8-9-11-15(14(2)17)12-10-13-16/h16H,3-13H2,1-2H3. The van der Waals surface area contributed by atoms with Gasteiger partial charge in [-0.2, -0.15) is 0 Å². The SMILES string of the molecule is CCCCCCCCCN(CCCO)C(C)=O. The summed E-state index contributed by atoms with van der Waals surface area (Å²) in [4.78, 5) is 13.1. The lowest BCUT2D eigenvalue weighted by Crippen LogP contribution is -2.31. The molecule has 0 aromatic rings. The first kappa shape index (κ1) is 16.4. The number of hydrogen-bond donors (Lipinski definition) is 1. The van der Waals surface area contributed by atoms with Gasteiger partial charge in [0.05, 0.1) is 0 Å². The van der Waals surface area contributed by atoms with Crippen LogP contribution < -0.4 is 0 Å². The Morgan fingerprint density at radius 1 is 0.941 bits per heavy atom. The first-order chi connectivity index (χ1) is 8.22. The van der Waals surface area contributed by atoms with Crippen molar-refractivity contribution in [3.8, 4) is 0 Å². The lowest BCUT2D eigenvalue weighted by Gasteiger charge is -2.20. The van der Waals surface area contributed by atoms with Crippen molar-refractivity contribution in [1.82, 2.24) is 4.90 Å². The summed E-state index contributed by atoms with van der Waals surface area (Å²) in [6, 6.07) is 0. The third-order valence-electron chi connectivity index (χ3n) is 3.06. The Hall–Kier alpha value is -0.570. The molecule has 0 aliphatic heterocycles. The fourth-order valence-corrected chi connectivity index (χ4v) is 1.95. The molecule has 0 aliphatic rings. The number of aliphatic hydroxyl groups is 1. The predicted octanol–water partition coefficient (Wildman–Crippen LogP) is 2.97. The molecule has 0 heterocycles. The Morgan fingerprint density at radius 2 is 1.47 bits per heavy atom. The summed E-state index contributed by atoms with van der Waals surface area (Å²) < 4.78 is 0. The minimum absolute atomic E-state index is 0.129. The van der Waals surface area contributed by atoms with Gasteiger partial charge >= 0.3 is 0 Å². The molecule has 0 rings (SSSR count). The second kappa shape index (κ2) is 11.9. The van der Waals surface area contributed by atoms with Crippen molar-refractivity contribution in [1.29, 1.82) is 0 Å². The van der Waals surface area contributed by atoms with Gasteiger partial charge in [0.15, 0.2) is 0 Å². The summed E-state index contributed by atoms with van der Waals surface area (Å²) in [5, 5.41) is 8.75. The van der Waals surface area contributed by atoms with Crippen LogP contribution in [-0.4, -0.2) is 35.6 Å². The maximum Gasteiger partial charge on any atom is 0.219 e. The van der Waals surface area contributed by atoms with E-state index in [9.17, 15) is 4.79 Å². The summed E-state index contributed by atoms with van der Waals surface area (Å²) in [7, 11) is 0. The van der Waals surface area contributed by atoms with Gasteiger partial charge in [-0.3, -0.25) is 4.79 Å². The largest absolute Gasteiger partial charge is 0.396 e. The van der Waals surface area contributed by atoms with Gasteiger partial charge in [0.2, 0.25) is 5.91 Å². The molecule has 0 fully saturated rings. The van der Waals surface area contributed by atoms with Crippen LogP contribution in [0.1, 0.15) is 65.2 Å².